The Labute approximate surface area is 119 Å². The second-order valence-corrected chi connectivity index (χ2v) is 4.74. The number of phenolic OH excluding ortho intramolecular Hbond substituents is 1. The summed E-state index contributed by atoms with van der Waals surface area (Å²) in [7, 11) is 0. The first-order valence-corrected chi connectivity index (χ1v) is 6.34. The summed E-state index contributed by atoms with van der Waals surface area (Å²) in [5.41, 5.74) is 1.38. The van der Waals surface area contributed by atoms with Crippen LogP contribution in [0.3, 0.4) is 0 Å². The lowest BCUT2D eigenvalue weighted by Gasteiger charge is -2.08. The number of aromatic nitrogens is 1. The number of nitrogens with one attached hydrogen (secondary N) is 1. The van der Waals surface area contributed by atoms with Gasteiger partial charge in [-0.3, -0.25) is 4.79 Å². The SMILES string of the molecule is O=c1cc(CO)c2cc(F)c(-c3ccc(O)cc3)cc2[nH]1. The maximum absolute atomic E-state index is 14.3. The molecule has 1 heterocycles. The summed E-state index contributed by atoms with van der Waals surface area (Å²) in [6, 6.07) is 10.2. The molecule has 2 aromatic carbocycles. The van der Waals surface area contributed by atoms with E-state index >= 15 is 0 Å². The highest BCUT2D eigenvalue weighted by molar-refractivity contribution is 5.87. The van der Waals surface area contributed by atoms with Crippen LogP contribution in [-0.4, -0.2) is 15.2 Å². The first-order chi connectivity index (χ1) is 10.1. The van der Waals surface area contributed by atoms with Gasteiger partial charge in [0.15, 0.2) is 0 Å². The Morgan fingerprint density at radius 1 is 1.10 bits per heavy atom. The Bertz CT molecular complexity index is 869. The molecule has 0 unspecified atom stereocenters. The van der Waals surface area contributed by atoms with Gasteiger partial charge in [-0.05, 0) is 35.4 Å². The normalized spacial score (nSPS) is 11.0. The third-order valence-electron chi connectivity index (χ3n) is 3.37. The third-order valence-corrected chi connectivity index (χ3v) is 3.37. The molecule has 0 amide bonds. The van der Waals surface area contributed by atoms with Gasteiger partial charge in [0.25, 0.3) is 0 Å². The lowest BCUT2D eigenvalue weighted by atomic mass is 10.0. The highest BCUT2D eigenvalue weighted by atomic mass is 19.1. The molecule has 0 atom stereocenters. The number of rotatable bonds is 2. The number of aromatic hydroxyl groups is 1. The van der Waals surface area contributed by atoms with Crippen molar-refractivity contribution in [1.82, 2.24) is 4.98 Å². The van der Waals surface area contributed by atoms with E-state index in [0.29, 0.717) is 27.6 Å². The molecular weight excluding hydrogens is 273 g/mol. The molecule has 1 aromatic heterocycles. The quantitative estimate of drug-likeness (QED) is 0.677. The number of benzene rings is 2. The Balaban J connectivity index is 2.28. The van der Waals surface area contributed by atoms with E-state index < -0.39 is 5.82 Å². The van der Waals surface area contributed by atoms with Crippen LogP contribution >= 0.6 is 0 Å². The van der Waals surface area contributed by atoms with Crippen LogP contribution in [0.25, 0.3) is 22.0 Å². The number of halogens is 1. The molecule has 0 aliphatic carbocycles. The lowest BCUT2D eigenvalue weighted by molar-refractivity contribution is 0.283. The third kappa shape index (κ3) is 2.39. The summed E-state index contributed by atoms with van der Waals surface area (Å²) < 4.78 is 14.3. The largest absolute Gasteiger partial charge is 0.508 e. The number of aromatic amines is 1. The number of H-pyrrole nitrogens is 1. The van der Waals surface area contributed by atoms with Crippen LogP contribution in [0, 0.1) is 5.82 Å². The average molecular weight is 285 g/mol. The van der Waals surface area contributed by atoms with E-state index in [0.717, 1.165) is 0 Å². The van der Waals surface area contributed by atoms with Gasteiger partial charge in [-0.15, -0.1) is 0 Å². The van der Waals surface area contributed by atoms with Crippen molar-refractivity contribution >= 4 is 10.9 Å². The number of phenols is 1. The zero-order valence-corrected chi connectivity index (χ0v) is 10.9. The standard InChI is InChI=1S/C16H12FNO3/c17-14-6-13-10(8-19)5-16(21)18-15(13)7-12(14)9-1-3-11(20)4-2-9/h1-7,19-20H,8H2,(H,18,21). The van der Waals surface area contributed by atoms with E-state index in [-0.39, 0.29) is 17.9 Å². The molecular formula is C16H12FNO3. The maximum atomic E-state index is 14.3. The first kappa shape index (κ1) is 13.3. The monoisotopic (exact) mass is 285 g/mol. The molecule has 0 bridgehead atoms. The number of aliphatic hydroxyl groups excluding tert-OH is 1. The molecule has 3 aromatic rings. The second-order valence-electron chi connectivity index (χ2n) is 4.74. The summed E-state index contributed by atoms with van der Waals surface area (Å²) in [6.07, 6.45) is 0. The first-order valence-electron chi connectivity index (χ1n) is 6.34. The minimum Gasteiger partial charge on any atom is -0.508 e. The van der Waals surface area contributed by atoms with E-state index in [9.17, 15) is 19.4 Å². The smallest absolute Gasteiger partial charge is 0.248 e. The van der Waals surface area contributed by atoms with Crippen LogP contribution in [0.5, 0.6) is 5.75 Å². The summed E-state index contributed by atoms with van der Waals surface area (Å²) in [5, 5.41) is 19.0. The van der Waals surface area contributed by atoms with E-state index in [1.807, 2.05) is 0 Å². The molecule has 0 saturated heterocycles. The minimum absolute atomic E-state index is 0.0934. The zero-order valence-electron chi connectivity index (χ0n) is 10.9. The minimum atomic E-state index is -0.463. The molecule has 0 aliphatic heterocycles. The molecule has 5 heteroatoms. The molecule has 3 N–H and O–H groups in total. The van der Waals surface area contributed by atoms with Gasteiger partial charge < -0.3 is 15.2 Å². The van der Waals surface area contributed by atoms with E-state index in [1.54, 1.807) is 12.1 Å². The van der Waals surface area contributed by atoms with Crippen LogP contribution in [0.2, 0.25) is 0 Å². The van der Waals surface area contributed by atoms with Gasteiger partial charge in [-0.2, -0.15) is 0 Å². The molecule has 0 fully saturated rings. The van der Waals surface area contributed by atoms with Crippen molar-refractivity contribution in [3.63, 3.8) is 0 Å². The van der Waals surface area contributed by atoms with Gasteiger partial charge in [0.1, 0.15) is 11.6 Å². The molecule has 0 aliphatic rings. The Morgan fingerprint density at radius 3 is 2.48 bits per heavy atom. The summed E-state index contributed by atoms with van der Waals surface area (Å²) >= 11 is 0. The Hall–Kier alpha value is -2.66. The average Bonchev–Trinajstić information content (AvgIpc) is 2.47. The molecule has 4 nitrogen and oxygen atoms in total. The summed E-state index contributed by atoms with van der Waals surface area (Å²) in [6.45, 7) is -0.335. The van der Waals surface area contributed by atoms with Crippen LogP contribution in [0.4, 0.5) is 4.39 Å². The van der Waals surface area contributed by atoms with Gasteiger partial charge in [0.05, 0.1) is 6.61 Å². The molecule has 21 heavy (non-hydrogen) atoms. The number of fused-ring (bicyclic) bond motifs is 1. The van der Waals surface area contributed by atoms with E-state index in [4.69, 9.17) is 0 Å². The fourth-order valence-electron chi connectivity index (χ4n) is 2.34. The summed E-state index contributed by atoms with van der Waals surface area (Å²) in [5.74, 6) is -0.370. The maximum Gasteiger partial charge on any atom is 0.248 e. The molecule has 106 valence electrons. The van der Waals surface area contributed by atoms with Crippen LogP contribution in [0.1, 0.15) is 5.56 Å². The summed E-state index contributed by atoms with van der Waals surface area (Å²) in [4.78, 5) is 14.2. The van der Waals surface area contributed by atoms with E-state index in [2.05, 4.69) is 4.98 Å². The van der Waals surface area contributed by atoms with Gasteiger partial charge >= 0.3 is 0 Å². The molecule has 3 rings (SSSR count). The van der Waals surface area contributed by atoms with Crippen LogP contribution in [-0.2, 0) is 6.61 Å². The molecule has 0 saturated carbocycles. The van der Waals surface area contributed by atoms with Crippen molar-refractivity contribution < 1.29 is 14.6 Å². The Kier molecular flexibility index (Phi) is 3.19. The fraction of sp³-hybridized carbons (Fsp3) is 0.0625. The molecule has 0 radical (unpaired) electrons. The van der Waals surface area contributed by atoms with Gasteiger partial charge in [0, 0.05) is 22.5 Å². The number of aliphatic hydroxyl groups is 1. The van der Waals surface area contributed by atoms with Crippen molar-refractivity contribution in [2.45, 2.75) is 6.61 Å². The Morgan fingerprint density at radius 2 is 1.81 bits per heavy atom. The van der Waals surface area contributed by atoms with Gasteiger partial charge in [0.2, 0.25) is 5.56 Å². The van der Waals surface area contributed by atoms with Crippen molar-refractivity contribution in [3.8, 4) is 16.9 Å². The second kappa shape index (κ2) is 5.03. The number of hydrogen-bond donors (Lipinski definition) is 3. The zero-order chi connectivity index (χ0) is 15.0. The molecule has 0 spiro atoms. The lowest BCUT2D eigenvalue weighted by Crippen LogP contribution is -2.07. The van der Waals surface area contributed by atoms with Crippen LogP contribution in [0.15, 0.2) is 47.3 Å². The highest BCUT2D eigenvalue weighted by Crippen LogP contribution is 2.29. The fourth-order valence-corrected chi connectivity index (χ4v) is 2.34. The predicted molar refractivity (Wildman–Crippen MR) is 77.6 cm³/mol. The highest BCUT2D eigenvalue weighted by Gasteiger charge is 2.10. The van der Waals surface area contributed by atoms with Crippen molar-refractivity contribution in [1.29, 1.82) is 0 Å². The topological polar surface area (TPSA) is 73.3 Å². The van der Waals surface area contributed by atoms with Crippen molar-refractivity contribution in [3.05, 3.63) is 64.2 Å². The van der Waals surface area contributed by atoms with Crippen molar-refractivity contribution in [2.24, 2.45) is 0 Å². The van der Waals surface area contributed by atoms with Crippen LogP contribution < -0.4 is 5.56 Å². The number of hydrogen-bond acceptors (Lipinski definition) is 3. The van der Waals surface area contributed by atoms with Crippen molar-refractivity contribution in [2.75, 3.05) is 0 Å². The van der Waals surface area contributed by atoms with E-state index in [1.165, 1.54) is 30.3 Å². The number of pyridine rings is 1. The predicted octanol–water partition coefficient (Wildman–Crippen LogP) is 2.53. The van der Waals surface area contributed by atoms with Gasteiger partial charge in [-0.25, -0.2) is 4.39 Å². The van der Waals surface area contributed by atoms with Gasteiger partial charge in [-0.1, -0.05) is 12.1 Å².